The van der Waals surface area contributed by atoms with Crippen LogP contribution in [0, 0.1) is 5.92 Å². The zero-order valence-corrected chi connectivity index (χ0v) is 16.9. The molecule has 1 unspecified atom stereocenters. The molecule has 150 valence electrons. The number of carbonyl (C=O) groups excluding carboxylic acids is 1. The fraction of sp³-hybridized carbons (Fsp3) is 0.625. The second kappa shape index (κ2) is 7.90. The topological polar surface area (TPSA) is 56.9 Å². The van der Waals surface area contributed by atoms with Crippen LogP contribution in [-0.2, 0) is 11.2 Å². The number of amides is 1. The predicted molar refractivity (Wildman–Crippen MR) is 115 cm³/mol. The molecule has 2 fully saturated rings. The van der Waals surface area contributed by atoms with Gasteiger partial charge in [-0.3, -0.25) is 4.79 Å². The Balaban J connectivity index is 1.37. The van der Waals surface area contributed by atoms with Crippen molar-refractivity contribution >= 4 is 22.5 Å². The van der Waals surface area contributed by atoms with E-state index in [1.54, 1.807) is 0 Å². The number of carbonyl (C=O) groups is 1. The Morgan fingerprint density at radius 3 is 2.54 bits per heavy atom. The molecule has 2 aromatic rings. The summed E-state index contributed by atoms with van der Waals surface area (Å²) >= 11 is 0. The van der Waals surface area contributed by atoms with Crippen molar-refractivity contribution in [1.82, 2.24) is 10.3 Å². The van der Waals surface area contributed by atoms with E-state index in [1.807, 2.05) is 0 Å². The van der Waals surface area contributed by atoms with E-state index in [-0.39, 0.29) is 11.8 Å². The summed E-state index contributed by atoms with van der Waals surface area (Å²) in [7, 11) is 0. The molecule has 0 radical (unpaired) electrons. The number of rotatable bonds is 4. The number of benzene rings is 1. The van der Waals surface area contributed by atoms with Crippen molar-refractivity contribution in [1.29, 1.82) is 0 Å². The van der Waals surface area contributed by atoms with Gasteiger partial charge >= 0.3 is 0 Å². The van der Waals surface area contributed by atoms with Crippen LogP contribution < -0.4 is 10.6 Å². The van der Waals surface area contributed by atoms with Crippen molar-refractivity contribution in [2.24, 2.45) is 5.92 Å². The van der Waals surface area contributed by atoms with Gasteiger partial charge in [-0.1, -0.05) is 32.1 Å². The number of aryl methyl sites for hydroxylation is 1. The zero-order valence-electron chi connectivity index (χ0n) is 16.9. The molecule has 0 bridgehead atoms. The molecule has 0 aliphatic heterocycles. The second-order valence-corrected chi connectivity index (χ2v) is 9.19. The molecule has 3 aliphatic rings. The molecule has 0 saturated heterocycles. The molecular weight excluding hydrogens is 346 g/mol. The molecule has 1 aromatic carbocycles. The van der Waals surface area contributed by atoms with E-state index in [4.69, 9.17) is 0 Å². The SMILES string of the molecule is O=C(Nc1ccc2[nH]c3c(c2c1)CCCC3NC1CCCCC1)C1CCCC1. The summed E-state index contributed by atoms with van der Waals surface area (Å²) in [4.78, 5) is 16.2. The third kappa shape index (κ3) is 3.59. The summed E-state index contributed by atoms with van der Waals surface area (Å²) in [6.07, 6.45) is 14.9. The minimum Gasteiger partial charge on any atom is -0.357 e. The molecular formula is C24H33N3O. The molecule has 0 spiro atoms. The third-order valence-electron chi connectivity index (χ3n) is 7.24. The molecule has 3 aliphatic carbocycles. The first kappa shape index (κ1) is 18.2. The van der Waals surface area contributed by atoms with Gasteiger partial charge in [0, 0.05) is 40.3 Å². The Labute approximate surface area is 167 Å². The van der Waals surface area contributed by atoms with E-state index in [2.05, 4.69) is 33.8 Å². The Kier molecular flexibility index (Phi) is 5.15. The lowest BCUT2D eigenvalue weighted by atomic mass is 9.89. The zero-order chi connectivity index (χ0) is 18.9. The molecule has 2 saturated carbocycles. The Morgan fingerprint density at radius 1 is 0.929 bits per heavy atom. The number of anilines is 1. The van der Waals surface area contributed by atoms with Gasteiger partial charge in [0.15, 0.2) is 0 Å². The molecule has 1 atom stereocenters. The van der Waals surface area contributed by atoms with Crippen LogP contribution in [-0.4, -0.2) is 16.9 Å². The Morgan fingerprint density at radius 2 is 1.71 bits per heavy atom. The maximum absolute atomic E-state index is 12.5. The van der Waals surface area contributed by atoms with Gasteiger partial charge in [-0.2, -0.15) is 0 Å². The first-order valence-electron chi connectivity index (χ1n) is 11.5. The summed E-state index contributed by atoms with van der Waals surface area (Å²) in [5.74, 6) is 0.415. The van der Waals surface area contributed by atoms with Gasteiger partial charge < -0.3 is 15.6 Å². The van der Waals surface area contributed by atoms with Gasteiger partial charge in [0.25, 0.3) is 0 Å². The van der Waals surface area contributed by atoms with Crippen molar-refractivity contribution in [3.05, 3.63) is 29.5 Å². The summed E-state index contributed by atoms with van der Waals surface area (Å²) in [6, 6.07) is 7.53. The highest BCUT2D eigenvalue weighted by Gasteiger charge is 2.27. The lowest BCUT2D eigenvalue weighted by Crippen LogP contribution is -2.36. The highest BCUT2D eigenvalue weighted by atomic mass is 16.1. The summed E-state index contributed by atoms with van der Waals surface area (Å²) in [5, 5.41) is 8.44. The fourth-order valence-corrected chi connectivity index (χ4v) is 5.69. The molecule has 5 rings (SSSR count). The van der Waals surface area contributed by atoms with Crippen molar-refractivity contribution in [2.75, 3.05) is 5.32 Å². The van der Waals surface area contributed by atoms with E-state index in [1.165, 1.54) is 79.9 Å². The van der Waals surface area contributed by atoms with Crippen LogP contribution >= 0.6 is 0 Å². The van der Waals surface area contributed by atoms with E-state index in [0.29, 0.717) is 12.1 Å². The molecule has 1 aromatic heterocycles. The molecule has 4 nitrogen and oxygen atoms in total. The van der Waals surface area contributed by atoms with Crippen LogP contribution in [0.4, 0.5) is 5.69 Å². The summed E-state index contributed by atoms with van der Waals surface area (Å²) in [5.41, 5.74) is 5.02. The minimum atomic E-state index is 0.207. The third-order valence-corrected chi connectivity index (χ3v) is 7.24. The van der Waals surface area contributed by atoms with Gasteiger partial charge in [0.2, 0.25) is 5.91 Å². The van der Waals surface area contributed by atoms with Crippen LogP contribution in [0.3, 0.4) is 0 Å². The average Bonchev–Trinajstić information content (AvgIpc) is 3.37. The van der Waals surface area contributed by atoms with E-state index in [9.17, 15) is 4.79 Å². The predicted octanol–water partition coefficient (Wildman–Crippen LogP) is 5.60. The smallest absolute Gasteiger partial charge is 0.227 e. The van der Waals surface area contributed by atoms with Crippen LogP contribution in [0.1, 0.15) is 87.9 Å². The first-order chi connectivity index (χ1) is 13.8. The summed E-state index contributed by atoms with van der Waals surface area (Å²) in [6.45, 7) is 0. The maximum Gasteiger partial charge on any atom is 0.227 e. The molecule has 3 N–H and O–H groups in total. The minimum absolute atomic E-state index is 0.207. The Bertz CT molecular complexity index is 843. The van der Waals surface area contributed by atoms with Gasteiger partial charge in [-0.15, -0.1) is 0 Å². The number of aromatic amines is 1. The van der Waals surface area contributed by atoms with Gasteiger partial charge in [0.1, 0.15) is 0 Å². The lowest BCUT2D eigenvalue weighted by Gasteiger charge is -2.31. The number of H-pyrrole nitrogens is 1. The van der Waals surface area contributed by atoms with Crippen molar-refractivity contribution < 1.29 is 4.79 Å². The monoisotopic (exact) mass is 379 g/mol. The fourth-order valence-electron chi connectivity index (χ4n) is 5.69. The van der Waals surface area contributed by atoms with Gasteiger partial charge in [-0.25, -0.2) is 0 Å². The molecule has 4 heteroatoms. The van der Waals surface area contributed by atoms with E-state index in [0.717, 1.165) is 24.9 Å². The number of nitrogens with one attached hydrogen (secondary N) is 3. The molecule has 28 heavy (non-hydrogen) atoms. The number of hydrogen-bond acceptors (Lipinski definition) is 2. The highest BCUT2D eigenvalue weighted by Crippen LogP contribution is 2.37. The quantitative estimate of drug-likeness (QED) is 0.648. The normalized spacial score (nSPS) is 23.8. The van der Waals surface area contributed by atoms with Gasteiger partial charge in [0.05, 0.1) is 0 Å². The van der Waals surface area contributed by atoms with Crippen LogP contribution in [0.5, 0.6) is 0 Å². The van der Waals surface area contributed by atoms with Crippen molar-refractivity contribution in [2.45, 2.75) is 89.1 Å². The number of hydrogen-bond donors (Lipinski definition) is 3. The van der Waals surface area contributed by atoms with E-state index >= 15 is 0 Å². The van der Waals surface area contributed by atoms with Crippen LogP contribution in [0.2, 0.25) is 0 Å². The second-order valence-electron chi connectivity index (χ2n) is 9.19. The maximum atomic E-state index is 12.5. The lowest BCUT2D eigenvalue weighted by molar-refractivity contribution is -0.119. The standard InChI is InChI=1S/C24H33N3O/c28-24(16-7-4-5-8-16)26-18-13-14-21-20(15-18)19-11-6-12-22(23(19)27-21)25-17-9-2-1-3-10-17/h13-17,22,25,27H,1-12H2,(H,26,28). The van der Waals surface area contributed by atoms with Crippen molar-refractivity contribution in [3.8, 4) is 0 Å². The molecule has 1 heterocycles. The largest absolute Gasteiger partial charge is 0.357 e. The first-order valence-corrected chi connectivity index (χ1v) is 11.5. The summed E-state index contributed by atoms with van der Waals surface area (Å²) < 4.78 is 0. The van der Waals surface area contributed by atoms with Crippen LogP contribution in [0.25, 0.3) is 10.9 Å². The number of aromatic nitrogens is 1. The van der Waals surface area contributed by atoms with Crippen LogP contribution in [0.15, 0.2) is 18.2 Å². The highest BCUT2D eigenvalue weighted by molar-refractivity contribution is 5.96. The van der Waals surface area contributed by atoms with E-state index < -0.39 is 0 Å². The van der Waals surface area contributed by atoms with Gasteiger partial charge in [-0.05, 0) is 68.7 Å². The Hall–Kier alpha value is -1.81. The molecule has 1 amide bonds. The average molecular weight is 380 g/mol. The number of fused-ring (bicyclic) bond motifs is 3. The van der Waals surface area contributed by atoms with Crippen molar-refractivity contribution in [3.63, 3.8) is 0 Å².